The standard InChI is InChI=1S/C12H13NO4/c1-2-17-12(16)13-9(10(14)11(13)15)8-6-4-3-5-7-8/h3-7,9,11,15H,2H2,1H3/t9-,11?/m0/s1. The van der Waals surface area contributed by atoms with Gasteiger partial charge in [0.1, 0.15) is 6.04 Å². The van der Waals surface area contributed by atoms with E-state index in [-0.39, 0.29) is 12.4 Å². The second-order valence-corrected chi connectivity index (χ2v) is 3.70. The van der Waals surface area contributed by atoms with Gasteiger partial charge < -0.3 is 9.84 Å². The molecule has 1 unspecified atom stereocenters. The van der Waals surface area contributed by atoms with Crippen molar-refractivity contribution in [3.63, 3.8) is 0 Å². The van der Waals surface area contributed by atoms with Crippen LogP contribution in [-0.4, -0.2) is 34.7 Å². The van der Waals surface area contributed by atoms with E-state index in [1.165, 1.54) is 0 Å². The van der Waals surface area contributed by atoms with Crippen LogP contribution < -0.4 is 0 Å². The molecule has 5 nitrogen and oxygen atoms in total. The number of hydrogen-bond donors (Lipinski definition) is 1. The van der Waals surface area contributed by atoms with Gasteiger partial charge in [0, 0.05) is 0 Å². The second-order valence-electron chi connectivity index (χ2n) is 3.70. The summed E-state index contributed by atoms with van der Waals surface area (Å²) in [5.41, 5.74) is 0.677. The molecule has 1 aliphatic heterocycles. The smallest absolute Gasteiger partial charge is 0.413 e. The number of rotatable bonds is 2. The van der Waals surface area contributed by atoms with Crippen molar-refractivity contribution in [2.24, 2.45) is 0 Å². The van der Waals surface area contributed by atoms with Gasteiger partial charge in [0.05, 0.1) is 6.61 Å². The fourth-order valence-corrected chi connectivity index (χ4v) is 1.84. The van der Waals surface area contributed by atoms with Crippen molar-refractivity contribution in [3.05, 3.63) is 35.9 Å². The van der Waals surface area contributed by atoms with Crippen LogP contribution in [0.1, 0.15) is 18.5 Å². The lowest BCUT2D eigenvalue weighted by Gasteiger charge is -2.42. The van der Waals surface area contributed by atoms with Crippen molar-refractivity contribution in [3.8, 4) is 0 Å². The highest BCUT2D eigenvalue weighted by molar-refractivity contribution is 5.99. The summed E-state index contributed by atoms with van der Waals surface area (Å²) in [6, 6.07) is 8.11. The Balaban J connectivity index is 2.21. The average Bonchev–Trinajstić information content (AvgIpc) is 2.35. The molecule has 0 saturated carbocycles. The van der Waals surface area contributed by atoms with E-state index >= 15 is 0 Å². The maximum absolute atomic E-state index is 11.6. The van der Waals surface area contributed by atoms with Crippen molar-refractivity contribution < 1.29 is 19.4 Å². The van der Waals surface area contributed by atoms with Crippen LogP contribution in [0.2, 0.25) is 0 Å². The molecule has 0 radical (unpaired) electrons. The van der Waals surface area contributed by atoms with E-state index in [0.29, 0.717) is 5.56 Å². The highest BCUT2D eigenvalue weighted by atomic mass is 16.6. The van der Waals surface area contributed by atoms with E-state index in [9.17, 15) is 14.7 Å². The summed E-state index contributed by atoms with van der Waals surface area (Å²) in [5, 5.41) is 9.48. The number of amides is 1. The van der Waals surface area contributed by atoms with Crippen LogP contribution in [0.15, 0.2) is 30.3 Å². The van der Waals surface area contributed by atoms with E-state index in [2.05, 4.69) is 0 Å². The summed E-state index contributed by atoms with van der Waals surface area (Å²) in [4.78, 5) is 24.2. The van der Waals surface area contributed by atoms with Crippen molar-refractivity contribution >= 4 is 11.9 Å². The molecule has 1 amide bonds. The van der Waals surface area contributed by atoms with E-state index in [1.54, 1.807) is 31.2 Å². The molecule has 0 spiro atoms. The van der Waals surface area contributed by atoms with Crippen LogP contribution in [0.4, 0.5) is 4.79 Å². The Hall–Kier alpha value is -1.88. The summed E-state index contributed by atoms with van der Waals surface area (Å²) in [6.07, 6.45) is -2.06. The Morgan fingerprint density at radius 3 is 2.65 bits per heavy atom. The molecule has 0 bridgehead atoms. The van der Waals surface area contributed by atoms with Crippen LogP contribution in [0.3, 0.4) is 0 Å². The highest BCUT2D eigenvalue weighted by Crippen LogP contribution is 2.34. The third-order valence-corrected chi connectivity index (χ3v) is 2.66. The number of Topliss-reactive ketones (excluding diaryl/α,β-unsaturated/α-hetero) is 1. The normalized spacial score (nSPS) is 23.2. The Morgan fingerprint density at radius 1 is 1.41 bits per heavy atom. The number of nitrogens with zero attached hydrogens (tertiary/aromatic N) is 1. The average molecular weight is 235 g/mol. The maximum atomic E-state index is 11.6. The second kappa shape index (κ2) is 4.55. The van der Waals surface area contributed by atoms with Crippen molar-refractivity contribution in [2.75, 3.05) is 6.61 Å². The number of carbonyl (C=O) groups excluding carboxylic acids is 2. The molecule has 1 aromatic carbocycles. The van der Waals surface area contributed by atoms with Gasteiger partial charge in [-0.3, -0.25) is 9.69 Å². The van der Waals surface area contributed by atoms with Crippen LogP contribution in [0, 0.1) is 0 Å². The van der Waals surface area contributed by atoms with E-state index in [0.717, 1.165) is 4.90 Å². The van der Waals surface area contributed by atoms with Crippen molar-refractivity contribution in [1.82, 2.24) is 4.90 Å². The number of ketones is 1. The fourth-order valence-electron chi connectivity index (χ4n) is 1.84. The number of aliphatic hydroxyl groups is 1. The van der Waals surface area contributed by atoms with Gasteiger partial charge >= 0.3 is 6.09 Å². The molecule has 17 heavy (non-hydrogen) atoms. The van der Waals surface area contributed by atoms with Gasteiger partial charge in [-0.05, 0) is 12.5 Å². The van der Waals surface area contributed by atoms with Crippen LogP contribution in [-0.2, 0) is 9.53 Å². The molecule has 1 heterocycles. The number of aliphatic hydroxyl groups excluding tert-OH is 1. The molecule has 0 aromatic heterocycles. The highest BCUT2D eigenvalue weighted by Gasteiger charge is 2.51. The van der Waals surface area contributed by atoms with Crippen LogP contribution in [0.25, 0.3) is 0 Å². The predicted octanol–water partition coefficient (Wildman–Crippen LogP) is 1.09. The number of hydrogen-bond acceptors (Lipinski definition) is 4. The van der Waals surface area contributed by atoms with Crippen LogP contribution in [0.5, 0.6) is 0 Å². The lowest BCUT2D eigenvalue weighted by Crippen LogP contribution is -2.61. The summed E-state index contributed by atoms with van der Waals surface area (Å²) in [7, 11) is 0. The van der Waals surface area contributed by atoms with Gasteiger partial charge in [-0.1, -0.05) is 30.3 Å². The SMILES string of the molecule is CCOC(=O)N1C(O)C(=O)[C@@H]1c1ccccc1. The lowest BCUT2D eigenvalue weighted by atomic mass is 9.92. The number of benzene rings is 1. The topological polar surface area (TPSA) is 66.8 Å². The Morgan fingerprint density at radius 2 is 2.06 bits per heavy atom. The quantitative estimate of drug-likeness (QED) is 0.833. The first-order valence-electron chi connectivity index (χ1n) is 5.38. The van der Waals surface area contributed by atoms with Crippen molar-refractivity contribution in [1.29, 1.82) is 0 Å². The minimum Gasteiger partial charge on any atom is -0.450 e. The predicted molar refractivity (Wildman–Crippen MR) is 59.1 cm³/mol. The van der Waals surface area contributed by atoms with Gasteiger partial charge in [0.15, 0.2) is 6.23 Å². The fraction of sp³-hybridized carbons (Fsp3) is 0.333. The Kier molecular flexibility index (Phi) is 3.10. The Labute approximate surface area is 98.6 Å². The zero-order chi connectivity index (χ0) is 12.4. The first kappa shape index (κ1) is 11.6. The number of ether oxygens (including phenoxy) is 1. The number of carbonyl (C=O) groups is 2. The van der Waals surface area contributed by atoms with E-state index < -0.39 is 18.4 Å². The molecule has 1 N–H and O–H groups in total. The molecule has 2 rings (SSSR count). The largest absolute Gasteiger partial charge is 0.450 e. The molecule has 90 valence electrons. The van der Waals surface area contributed by atoms with E-state index in [4.69, 9.17) is 4.74 Å². The minimum atomic E-state index is -1.39. The minimum absolute atomic E-state index is 0.206. The summed E-state index contributed by atoms with van der Waals surface area (Å²) < 4.78 is 4.79. The molecule has 5 heteroatoms. The first-order valence-corrected chi connectivity index (χ1v) is 5.38. The maximum Gasteiger partial charge on any atom is 0.413 e. The van der Waals surface area contributed by atoms with Gasteiger partial charge in [-0.15, -0.1) is 0 Å². The lowest BCUT2D eigenvalue weighted by molar-refractivity contribution is -0.165. The molecule has 0 aliphatic carbocycles. The summed E-state index contributed by atoms with van der Waals surface area (Å²) in [6.45, 7) is 1.88. The molecule has 1 saturated heterocycles. The van der Waals surface area contributed by atoms with Gasteiger partial charge in [0.2, 0.25) is 5.78 Å². The van der Waals surface area contributed by atoms with Gasteiger partial charge in [-0.25, -0.2) is 4.79 Å². The van der Waals surface area contributed by atoms with E-state index in [1.807, 2.05) is 6.07 Å². The molecule has 1 aliphatic rings. The molecular weight excluding hydrogens is 222 g/mol. The molecule has 1 fully saturated rings. The Bertz CT molecular complexity index is 431. The summed E-state index contributed by atoms with van der Waals surface area (Å²) in [5.74, 6) is -0.385. The monoisotopic (exact) mass is 235 g/mol. The zero-order valence-electron chi connectivity index (χ0n) is 9.37. The van der Waals surface area contributed by atoms with Gasteiger partial charge in [-0.2, -0.15) is 0 Å². The van der Waals surface area contributed by atoms with Gasteiger partial charge in [0.25, 0.3) is 0 Å². The third-order valence-electron chi connectivity index (χ3n) is 2.66. The third kappa shape index (κ3) is 1.89. The molecular formula is C12H13NO4. The number of likely N-dealkylation sites (tertiary alicyclic amines) is 1. The zero-order valence-corrected chi connectivity index (χ0v) is 9.37. The van der Waals surface area contributed by atoms with Crippen molar-refractivity contribution in [2.45, 2.75) is 19.2 Å². The molecule has 2 atom stereocenters. The van der Waals surface area contributed by atoms with Crippen LogP contribution >= 0.6 is 0 Å². The summed E-state index contributed by atoms with van der Waals surface area (Å²) >= 11 is 0. The first-order chi connectivity index (χ1) is 8.16. The molecule has 1 aromatic rings.